The maximum absolute atomic E-state index is 12.4. The van der Waals surface area contributed by atoms with Gasteiger partial charge in [0.25, 0.3) is 5.91 Å². The summed E-state index contributed by atoms with van der Waals surface area (Å²) in [7, 11) is 1.79. The number of piperazine rings is 1. The molecule has 1 aliphatic rings. The molecule has 29 heavy (non-hydrogen) atoms. The van der Waals surface area contributed by atoms with E-state index in [-0.39, 0.29) is 12.0 Å². The van der Waals surface area contributed by atoms with Gasteiger partial charge in [0.2, 0.25) is 0 Å². The van der Waals surface area contributed by atoms with Gasteiger partial charge in [-0.25, -0.2) is 0 Å². The standard InChI is InChI=1S/C22H30N4O3/c1-17(2)29-16-19-7-4-6-18(14-19)15-24-22(23-3)26-11-9-25(10-12-26)21(27)20-8-5-13-28-20/h4-8,13-14,17H,9-12,15-16H2,1-3H3,(H,23,24). The van der Waals surface area contributed by atoms with Gasteiger partial charge in [-0.05, 0) is 37.1 Å². The Bertz CT molecular complexity index is 809. The summed E-state index contributed by atoms with van der Waals surface area (Å²) in [5, 5.41) is 3.43. The Hall–Kier alpha value is -2.80. The number of hydrogen-bond acceptors (Lipinski definition) is 4. The van der Waals surface area contributed by atoms with E-state index in [4.69, 9.17) is 9.15 Å². The molecule has 7 heteroatoms. The number of rotatable bonds is 6. The van der Waals surface area contributed by atoms with E-state index in [9.17, 15) is 4.79 Å². The first-order chi connectivity index (χ1) is 14.1. The molecule has 0 spiro atoms. The van der Waals surface area contributed by atoms with Gasteiger partial charge in [-0.2, -0.15) is 0 Å². The van der Waals surface area contributed by atoms with Crippen molar-refractivity contribution >= 4 is 11.9 Å². The molecule has 0 bridgehead atoms. The van der Waals surface area contributed by atoms with E-state index in [0.717, 1.165) is 24.6 Å². The van der Waals surface area contributed by atoms with E-state index < -0.39 is 0 Å². The first-order valence-corrected chi connectivity index (χ1v) is 10.0. The molecule has 0 saturated carbocycles. The summed E-state index contributed by atoms with van der Waals surface area (Å²) in [5.41, 5.74) is 2.35. The van der Waals surface area contributed by atoms with Crippen molar-refractivity contribution in [3.05, 3.63) is 59.5 Å². The second-order valence-electron chi connectivity index (χ2n) is 7.34. The summed E-state index contributed by atoms with van der Waals surface area (Å²) in [6, 6.07) is 11.8. The fraction of sp³-hybridized carbons (Fsp3) is 0.455. The van der Waals surface area contributed by atoms with Crippen LogP contribution in [0.4, 0.5) is 0 Å². The van der Waals surface area contributed by atoms with Crippen LogP contribution in [0.15, 0.2) is 52.1 Å². The third-order valence-electron chi connectivity index (χ3n) is 4.84. The summed E-state index contributed by atoms with van der Waals surface area (Å²) in [5.74, 6) is 1.18. The number of amides is 1. The zero-order valence-electron chi connectivity index (χ0n) is 17.4. The van der Waals surface area contributed by atoms with E-state index in [1.54, 1.807) is 19.2 Å². The monoisotopic (exact) mass is 398 g/mol. The van der Waals surface area contributed by atoms with Crippen molar-refractivity contribution in [1.82, 2.24) is 15.1 Å². The molecule has 1 N–H and O–H groups in total. The van der Waals surface area contributed by atoms with Crippen molar-refractivity contribution in [1.29, 1.82) is 0 Å². The Labute approximate surface area is 172 Å². The van der Waals surface area contributed by atoms with Crippen molar-refractivity contribution in [3.63, 3.8) is 0 Å². The Kier molecular flexibility index (Phi) is 7.30. The lowest BCUT2D eigenvalue weighted by atomic mass is 10.1. The highest BCUT2D eigenvalue weighted by atomic mass is 16.5. The average molecular weight is 399 g/mol. The minimum atomic E-state index is -0.0574. The van der Waals surface area contributed by atoms with Crippen molar-refractivity contribution < 1.29 is 13.9 Å². The number of nitrogens with one attached hydrogen (secondary N) is 1. The van der Waals surface area contributed by atoms with Gasteiger partial charge < -0.3 is 24.3 Å². The molecule has 0 unspecified atom stereocenters. The van der Waals surface area contributed by atoms with Crippen molar-refractivity contribution in [2.24, 2.45) is 4.99 Å². The van der Waals surface area contributed by atoms with Crippen LogP contribution in [0.5, 0.6) is 0 Å². The highest BCUT2D eigenvalue weighted by Crippen LogP contribution is 2.11. The van der Waals surface area contributed by atoms with E-state index in [2.05, 4.69) is 39.5 Å². The van der Waals surface area contributed by atoms with E-state index in [1.165, 1.54) is 11.8 Å². The highest BCUT2D eigenvalue weighted by molar-refractivity contribution is 5.91. The first kappa shape index (κ1) is 20.9. The topological polar surface area (TPSA) is 70.3 Å². The lowest BCUT2D eigenvalue weighted by molar-refractivity contribution is 0.0653. The quantitative estimate of drug-likeness (QED) is 0.599. The summed E-state index contributed by atoms with van der Waals surface area (Å²) in [6.45, 7) is 8.13. The number of hydrogen-bond donors (Lipinski definition) is 1. The molecular weight excluding hydrogens is 368 g/mol. The molecule has 3 rings (SSSR count). The molecule has 2 aromatic rings. The molecule has 0 atom stereocenters. The predicted molar refractivity (Wildman–Crippen MR) is 113 cm³/mol. The number of ether oxygens (including phenoxy) is 1. The Morgan fingerprint density at radius 2 is 1.86 bits per heavy atom. The van der Waals surface area contributed by atoms with Crippen LogP contribution in [0.25, 0.3) is 0 Å². The Morgan fingerprint density at radius 1 is 1.14 bits per heavy atom. The van der Waals surface area contributed by atoms with Gasteiger partial charge in [0.05, 0.1) is 19.0 Å². The van der Waals surface area contributed by atoms with E-state index in [0.29, 0.717) is 32.0 Å². The van der Waals surface area contributed by atoms with Gasteiger partial charge in [0.1, 0.15) is 0 Å². The molecule has 1 aromatic carbocycles. The van der Waals surface area contributed by atoms with Gasteiger partial charge in [0.15, 0.2) is 11.7 Å². The fourth-order valence-electron chi connectivity index (χ4n) is 3.28. The summed E-state index contributed by atoms with van der Waals surface area (Å²) in [4.78, 5) is 20.8. The Balaban J connectivity index is 1.50. The van der Waals surface area contributed by atoms with Crippen LogP contribution in [0, 0.1) is 0 Å². The van der Waals surface area contributed by atoms with Gasteiger partial charge >= 0.3 is 0 Å². The van der Waals surface area contributed by atoms with Gasteiger partial charge in [-0.3, -0.25) is 9.79 Å². The van der Waals surface area contributed by atoms with Crippen LogP contribution in [-0.4, -0.2) is 61.0 Å². The number of guanidine groups is 1. The van der Waals surface area contributed by atoms with Gasteiger partial charge in [0, 0.05) is 39.8 Å². The second kappa shape index (κ2) is 10.1. The third kappa shape index (κ3) is 5.84. The van der Waals surface area contributed by atoms with Crippen LogP contribution in [0.2, 0.25) is 0 Å². The van der Waals surface area contributed by atoms with Gasteiger partial charge in [-0.1, -0.05) is 24.3 Å². The number of aliphatic imine (C=N–C) groups is 1. The molecule has 1 amide bonds. The molecule has 1 aromatic heterocycles. The average Bonchev–Trinajstić information content (AvgIpc) is 3.28. The van der Waals surface area contributed by atoms with Crippen molar-refractivity contribution in [3.8, 4) is 0 Å². The summed E-state index contributed by atoms with van der Waals surface area (Å²) in [6.07, 6.45) is 1.74. The number of carbonyl (C=O) groups excluding carboxylic acids is 1. The summed E-state index contributed by atoms with van der Waals surface area (Å²) >= 11 is 0. The van der Waals surface area contributed by atoms with Gasteiger partial charge in [-0.15, -0.1) is 0 Å². The number of benzene rings is 1. The normalized spacial score (nSPS) is 15.1. The molecule has 0 radical (unpaired) electrons. The van der Waals surface area contributed by atoms with Crippen LogP contribution in [-0.2, 0) is 17.9 Å². The summed E-state index contributed by atoms with van der Waals surface area (Å²) < 4.78 is 10.9. The Morgan fingerprint density at radius 3 is 2.52 bits per heavy atom. The smallest absolute Gasteiger partial charge is 0.289 e. The van der Waals surface area contributed by atoms with E-state index >= 15 is 0 Å². The fourth-order valence-corrected chi connectivity index (χ4v) is 3.28. The van der Waals surface area contributed by atoms with Crippen molar-refractivity contribution in [2.45, 2.75) is 33.1 Å². The van der Waals surface area contributed by atoms with Crippen LogP contribution >= 0.6 is 0 Å². The maximum Gasteiger partial charge on any atom is 0.289 e. The highest BCUT2D eigenvalue weighted by Gasteiger charge is 2.25. The predicted octanol–water partition coefficient (Wildman–Crippen LogP) is 2.74. The lowest BCUT2D eigenvalue weighted by Gasteiger charge is -2.36. The minimum Gasteiger partial charge on any atom is -0.459 e. The first-order valence-electron chi connectivity index (χ1n) is 10.0. The number of carbonyl (C=O) groups is 1. The molecule has 1 aliphatic heterocycles. The molecule has 156 valence electrons. The lowest BCUT2D eigenvalue weighted by Crippen LogP contribution is -2.53. The van der Waals surface area contributed by atoms with Crippen LogP contribution < -0.4 is 5.32 Å². The number of nitrogens with zero attached hydrogens (tertiary/aromatic N) is 3. The largest absolute Gasteiger partial charge is 0.459 e. The molecular formula is C22H30N4O3. The van der Waals surface area contributed by atoms with Crippen LogP contribution in [0.1, 0.15) is 35.5 Å². The SMILES string of the molecule is CN=C(NCc1cccc(COC(C)C)c1)N1CCN(C(=O)c2ccco2)CC1. The van der Waals surface area contributed by atoms with Crippen molar-refractivity contribution in [2.75, 3.05) is 33.2 Å². The van der Waals surface area contributed by atoms with E-state index in [1.807, 2.05) is 18.7 Å². The molecule has 7 nitrogen and oxygen atoms in total. The maximum atomic E-state index is 12.4. The van der Waals surface area contributed by atoms with Crippen LogP contribution in [0.3, 0.4) is 0 Å². The molecule has 1 fully saturated rings. The zero-order chi connectivity index (χ0) is 20.6. The number of furan rings is 1. The molecule has 2 heterocycles. The second-order valence-corrected chi connectivity index (χ2v) is 7.34. The molecule has 0 aliphatic carbocycles. The zero-order valence-corrected chi connectivity index (χ0v) is 17.4. The third-order valence-corrected chi connectivity index (χ3v) is 4.84. The molecule has 1 saturated heterocycles. The minimum absolute atomic E-state index is 0.0574.